The molecule has 1 aliphatic rings. The van der Waals surface area contributed by atoms with E-state index < -0.39 is 11.2 Å². The van der Waals surface area contributed by atoms with Crippen molar-refractivity contribution in [1.82, 2.24) is 5.32 Å². The molecule has 1 atom stereocenters. The van der Waals surface area contributed by atoms with Gasteiger partial charge in [-0.3, -0.25) is 4.79 Å². The Morgan fingerprint density at radius 3 is 2.79 bits per heavy atom. The van der Waals surface area contributed by atoms with Gasteiger partial charge < -0.3 is 10.6 Å². The average Bonchev–Trinajstić information content (AvgIpc) is 2.84. The van der Waals surface area contributed by atoms with Crippen LogP contribution in [0, 0.1) is 17.2 Å². The number of hydrogen-bond donors (Lipinski definition) is 2. The van der Waals surface area contributed by atoms with Gasteiger partial charge in [-0.05, 0) is 37.1 Å². The Bertz CT molecular complexity index is 484. The zero-order chi connectivity index (χ0) is 14.0. The highest BCUT2D eigenvalue weighted by Crippen LogP contribution is 2.35. The molecule has 3 nitrogen and oxygen atoms in total. The molecule has 1 aromatic carbocycles. The minimum atomic E-state index is -0.485. The van der Waals surface area contributed by atoms with E-state index in [9.17, 15) is 9.18 Å². The van der Waals surface area contributed by atoms with E-state index in [0.29, 0.717) is 12.2 Å². The van der Waals surface area contributed by atoms with Crippen LogP contribution in [0.15, 0.2) is 18.2 Å². The predicted molar refractivity (Wildman–Crippen MR) is 74.8 cm³/mol. The maximum atomic E-state index is 13.1. The summed E-state index contributed by atoms with van der Waals surface area (Å²) in [5.74, 6) is -0.283. The van der Waals surface area contributed by atoms with E-state index in [2.05, 4.69) is 10.6 Å². The van der Waals surface area contributed by atoms with E-state index in [1.54, 1.807) is 0 Å². The number of anilines is 1. The lowest BCUT2D eigenvalue weighted by Crippen LogP contribution is -2.42. The second kappa shape index (κ2) is 5.47. The molecule has 19 heavy (non-hydrogen) atoms. The van der Waals surface area contributed by atoms with Crippen molar-refractivity contribution in [2.24, 2.45) is 11.3 Å². The molecule has 1 aromatic rings. The number of rotatable bonds is 3. The van der Waals surface area contributed by atoms with Gasteiger partial charge in [0, 0.05) is 12.2 Å². The summed E-state index contributed by atoms with van der Waals surface area (Å²) in [7, 11) is 0. The van der Waals surface area contributed by atoms with Crippen molar-refractivity contribution in [2.45, 2.75) is 20.3 Å². The van der Waals surface area contributed by atoms with Crippen LogP contribution in [-0.4, -0.2) is 19.0 Å². The summed E-state index contributed by atoms with van der Waals surface area (Å²) in [5, 5.41) is 6.09. The molecule has 0 saturated carbocycles. The highest BCUT2D eigenvalue weighted by Gasteiger charge is 2.43. The molecule has 0 bridgehead atoms. The highest BCUT2D eigenvalue weighted by atomic mass is 35.5. The molecule has 2 N–H and O–H groups in total. The van der Waals surface area contributed by atoms with Crippen molar-refractivity contribution in [1.29, 1.82) is 0 Å². The van der Waals surface area contributed by atoms with Gasteiger partial charge in [0.05, 0.1) is 10.4 Å². The predicted octanol–water partition coefficient (Wildman–Crippen LogP) is 3.05. The molecule has 0 aliphatic carbocycles. The molecule has 1 amide bonds. The quantitative estimate of drug-likeness (QED) is 0.896. The van der Waals surface area contributed by atoms with Crippen LogP contribution in [0.25, 0.3) is 0 Å². The zero-order valence-corrected chi connectivity index (χ0v) is 11.9. The van der Waals surface area contributed by atoms with Crippen molar-refractivity contribution in [3.05, 3.63) is 29.0 Å². The SMILES string of the molecule is CC(C)C1(C(=O)Nc2ccc(F)c(Cl)c2)CCNC1. The Balaban J connectivity index is 2.17. The molecule has 1 saturated heterocycles. The molecule has 0 spiro atoms. The lowest BCUT2D eigenvalue weighted by atomic mass is 9.75. The largest absolute Gasteiger partial charge is 0.326 e. The number of carbonyl (C=O) groups is 1. The fraction of sp³-hybridized carbons (Fsp3) is 0.500. The van der Waals surface area contributed by atoms with Crippen molar-refractivity contribution in [3.8, 4) is 0 Å². The number of benzene rings is 1. The van der Waals surface area contributed by atoms with E-state index in [4.69, 9.17) is 11.6 Å². The number of amides is 1. The van der Waals surface area contributed by atoms with Gasteiger partial charge in [-0.1, -0.05) is 25.4 Å². The molecular weight excluding hydrogens is 267 g/mol. The van der Waals surface area contributed by atoms with Crippen LogP contribution >= 0.6 is 11.6 Å². The summed E-state index contributed by atoms with van der Waals surface area (Å²) >= 11 is 5.72. The topological polar surface area (TPSA) is 41.1 Å². The third-order valence-corrected chi connectivity index (χ3v) is 4.21. The van der Waals surface area contributed by atoms with Gasteiger partial charge in [0.2, 0.25) is 5.91 Å². The Morgan fingerprint density at radius 1 is 1.53 bits per heavy atom. The highest BCUT2D eigenvalue weighted by molar-refractivity contribution is 6.31. The summed E-state index contributed by atoms with van der Waals surface area (Å²) in [6.07, 6.45) is 0.811. The first-order chi connectivity index (χ1) is 8.95. The van der Waals surface area contributed by atoms with Gasteiger partial charge in [0.1, 0.15) is 5.82 Å². The smallest absolute Gasteiger partial charge is 0.232 e. The fourth-order valence-corrected chi connectivity index (χ4v) is 2.67. The summed E-state index contributed by atoms with van der Waals surface area (Å²) in [4.78, 5) is 12.5. The first-order valence-electron chi connectivity index (χ1n) is 6.43. The Morgan fingerprint density at radius 2 is 2.26 bits per heavy atom. The maximum absolute atomic E-state index is 13.1. The minimum Gasteiger partial charge on any atom is -0.326 e. The van der Waals surface area contributed by atoms with Crippen molar-refractivity contribution in [3.63, 3.8) is 0 Å². The Labute approximate surface area is 117 Å². The summed E-state index contributed by atoms with van der Waals surface area (Å²) in [6.45, 7) is 5.61. The number of carbonyl (C=O) groups excluding carboxylic acids is 1. The number of nitrogens with one attached hydrogen (secondary N) is 2. The Hall–Kier alpha value is -1.13. The molecule has 104 valence electrons. The second-order valence-corrected chi connectivity index (χ2v) is 5.73. The lowest BCUT2D eigenvalue weighted by molar-refractivity contribution is -0.126. The van der Waals surface area contributed by atoms with E-state index >= 15 is 0 Å². The van der Waals surface area contributed by atoms with E-state index in [-0.39, 0.29) is 16.8 Å². The summed E-state index contributed by atoms with van der Waals surface area (Å²) < 4.78 is 13.1. The van der Waals surface area contributed by atoms with Crippen LogP contribution in [0.2, 0.25) is 5.02 Å². The first-order valence-corrected chi connectivity index (χ1v) is 6.81. The second-order valence-electron chi connectivity index (χ2n) is 5.32. The van der Waals surface area contributed by atoms with Crippen LogP contribution in [0.4, 0.5) is 10.1 Å². The van der Waals surface area contributed by atoms with E-state index in [0.717, 1.165) is 13.0 Å². The van der Waals surface area contributed by atoms with Crippen molar-refractivity contribution >= 4 is 23.2 Å². The molecule has 1 aliphatic heterocycles. The zero-order valence-electron chi connectivity index (χ0n) is 11.1. The normalized spacial score (nSPS) is 22.8. The van der Waals surface area contributed by atoms with Gasteiger partial charge in [-0.2, -0.15) is 0 Å². The van der Waals surface area contributed by atoms with Crippen molar-refractivity contribution < 1.29 is 9.18 Å². The van der Waals surface area contributed by atoms with Gasteiger partial charge >= 0.3 is 0 Å². The van der Waals surface area contributed by atoms with E-state index in [1.165, 1.54) is 18.2 Å². The van der Waals surface area contributed by atoms with Gasteiger partial charge in [0.15, 0.2) is 0 Å². The van der Waals surface area contributed by atoms with Crippen LogP contribution in [0.5, 0.6) is 0 Å². The maximum Gasteiger partial charge on any atom is 0.232 e. The molecule has 2 rings (SSSR count). The van der Waals surface area contributed by atoms with Crippen LogP contribution in [0.3, 0.4) is 0 Å². The third kappa shape index (κ3) is 2.74. The fourth-order valence-electron chi connectivity index (χ4n) is 2.49. The van der Waals surface area contributed by atoms with Crippen molar-refractivity contribution in [2.75, 3.05) is 18.4 Å². The number of hydrogen-bond acceptors (Lipinski definition) is 2. The number of halogens is 2. The summed E-state index contributed by atoms with van der Waals surface area (Å²) in [6, 6.07) is 4.22. The third-order valence-electron chi connectivity index (χ3n) is 3.92. The van der Waals surface area contributed by atoms with Crippen LogP contribution in [-0.2, 0) is 4.79 Å². The average molecular weight is 285 g/mol. The minimum absolute atomic E-state index is 0.0148. The molecule has 0 aromatic heterocycles. The molecule has 5 heteroatoms. The molecule has 0 radical (unpaired) electrons. The van der Waals surface area contributed by atoms with Crippen LogP contribution in [0.1, 0.15) is 20.3 Å². The van der Waals surface area contributed by atoms with Gasteiger partial charge in [-0.25, -0.2) is 4.39 Å². The molecule has 1 heterocycles. The lowest BCUT2D eigenvalue weighted by Gasteiger charge is -2.31. The van der Waals surface area contributed by atoms with Gasteiger partial charge in [-0.15, -0.1) is 0 Å². The summed E-state index contributed by atoms with van der Waals surface area (Å²) in [5.41, 5.74) is 0.129. The van der Waals surface area contributed by atoms with E-state index in [1.807, 2.05) is 13.8 Å². The molecule has 1 unspecified atom stereocenters. The van der Waals surface area contributed by atoms with Crippen LogP contribution < -0.4 is 10.6 Å². The standard InChI is InChI=1S/C14H18ClFN2O/c1-9(2)14(5-6-17-8-14)13(19)18-10-3-4-12(16)11(15)7-10/h3-4,7,9,17H,5-6,8H2,1-2H3,(H,18,19). The molecular formula is C14H18ClFN2O. The monoisotopic (exact) mass is 284 g/mol. The molecule has 1 fully saturated rings. The van der Waals surface area contributed by atoms with Gasteiger partial charge in [0.25, 0.3) is 0 Å². The Kier molecular flexibility index (Phi) is 4.11. The first kappa shape index (κ1) is 14.3.